The van der Waals surface area contributed by atoms with Gasteiger partial charge in [0.25, 0.3) is 5.91 Å². The van der Waals surface area contributed by atoms with Gasteiger partial charge >= 0.3 is 5.97 Å². The zero-order valence-electron chi connectivity index (χ0n) is 17.7. The molecule has 0 aromatic heterocycles. The number of rotatable bonds is 11. The topological polar surface area (TPSA) is 145 Å². The fraction of sp³-hybridized carbons (Fsp3) is 0.333. The Morgan fingerprint density at radius 2 is 1.75 bits per heavy atom. The number of amides is 1. The number of nitrogens with one attached hydrogen (secondary N) is 3. The van der Waals surface area contributed by atoms with E-state index in [2.05, 4.69) is 10.0 Å². The van der Waals surface area contributed by atoms with Gasteiger partial charge in [0.1, 0.15) is 11.9 Å². The summed E-state index contributed by atoms with van der Waals surface area (Å²) < 4.78 is 40.9. The molecule has 0 aliphatic heterocycles. The second-order valence-electron chi connectivity index (χ2n) is 7.32. The first-order chi connectivity index (χ1) is 15.0. The van der Waals surface area contributed by atoms with Crippen LogP contribution in [0.15, 0.2) is 41.3 Å². The van der Waals surface area contributed by atoms with Crippen molar-refractivity contribution < 1.29 is 32.7 Å². The molecule has 174 valence electrons. The summed E-state index contributed by atoms with van der Waals surface area (Å²) in [5.74, 6) is -2.23. The summed E-state index contributed by atoms with van der Waals surface area (Å²) in [7, 11) is -3.88. The Bertz CT molecular complexity index is 1070. The average molecular weight is 468 g/mol. The van der Waals surface area contributed by atoms with E-state index in [0.29, 0.717) is 29.7 Å². The molecule has 0 saturated carbocycles. The van der Waals surface area contributed by atoms with Crippen LogP contribution in [0.25, 0.3) is 0 Å². The van der Waals surface area contributed by atoms with Crippen LogP contribution in [0.4, 0.5) is 10.1 Å². The molecule has 9 nitrogen and oxygen atoms in total. The molecule has 0 aliphatic rings. The molecule has 0 aliphatic carbocycles. The molecular formula is C21H26FN3O6S. The van der Waals surface area contributed by atoms with Gasteiger partial charge in [-0.25, -0.2) is 27.8 Å². The van der Waals surface area contributed by atoms with Gasteiger partial charge in [-0.1, -0.05) is 6.07 Å². The largest absolute Gasteiger partial charge is 0.478 e. The number of hydrogen-bond donors (Lipinski definition) is 5. The number of carboxylic acids is 1. The van der Waals surface area contributed by atoms with Crippen molar-refractivity contribution in [3.8, 4) is 0 Å². The van der Waals surface area contributed by atoms with Crippen LogP contribution in [0.2, 0.25) is 0 Å². The Morgan fingerprint density at radius 3 is 2.34 bits per heavy atom. The van der Waals surface area contributed by atoms with Crippen molar-refractivity contribution >= 4 is 27.6 Å². The number of carbonyl (C=O) groups excluding carboxylic acids is 1. The predicted molar refractivity (Wildman–Crippen MR) is 116 cm³/mol. The molecule has 1 unspecified atom stereocenters. The van der Waals surface area contributed by atoms with Gasteiger partial charge in [-0.05, 0) is 74.6 Å². The van der Waals surface area contributed by atoms with Crippen LogP contribution < -0.4 is 15.5 Å². The van der Waals surface area contributed by atoms with E-state index >= 15 is 0 Å². The monoisotopic (exact) mass is 467 g/mol. The maximum atomic E-state index is 13.8. The number of anilines is 1. The maximum Gasteiger partial charge on any atom is 0.335 e. The van der Waals surface area contributed by atoms with Gasteiger partial charge < -0.3 is 10.4 Å². The Balaban J connectivity index is 1.92. The number of hydroxylamine groups is 1. The highest BCUT2D eigenvalue weighted by Crippen LogP contribution is 2.20. The number of aryl methyl sites for hydroxylation is 2. The number of halogens is 1. The number of benzene rings is 2. The zero-order chi connectivity index (χ0) is 23.9. The number of hydrogen-bond acceptors (Lipinski definition) is 6. The molecule has 2 rings (SSSR count). The van der Waals surface area contributed by atoms with E-state index in [9.17, 15) is 22.4 Å². The van der Waals surface area contributed by atoms with Crippen LogP contribution >= 0.6 is 0 Å². The number of unbranched alkanes of at least 4 members (excludes halogenated alkanes) is 1. The molecule has 0 heterocycles. The third kappa shape index (κ3) is 6.74. The van der Waals surface area contributed by atoms with E-state index in [1.54, 1.807) is 31.5 Å². The van der Waals surface area contributed by atoms with E-state index in [0.717, 1.165) is 6.07 Å². The lowest BCUT2D eigenvalue weighted by molar-refractivity contribution is -0.130. The lowest BCUT2D eigenvalue weighted by atomic mass is 10.1. The van der Waals surface area contributed by atoms with Crippen molar-refractivity contribution in [1.82, 2.24) is 10.2 Å². The molecular weight excluding hydrogens is 441 g/mol. The SMILES string of the molecule is Cc1cc(NC(CCCCNS(=O)(=O)c2cccc(C(=O)O)c2)C(=O)NO)cc(C)c1F. The first kappa shape index (κ1) is 25.2. The average Bonchev–Trinajstić information content (AvgIpc) is 2.75. The first-order valence-electron chi connectivity index (χ1n) is 9.85. The lowest BCUT2D eigenvalue weighted by Crippen LogP contribution is -2.38. The van der Waals surface area contributed by atoms with Gasteiger partial charge in [-0.3, -0.25) is 10.0 Å². The molecule has 1 atom stereocenters. The second kappa shape index (κ2) is 11.0. The molecule has 1 amide bonds. The summed E-state index contributed by atoms with van der Waals surface area (Å²) in [5.41, 5.74) is 2.81. The summed E-state index contributed by atoms with van der Waals surface area (Å²) in [4.78, 5) is 22.9. The number of carboxylic acid groups (broad SMARTS) is 1. The quantitative estimate of drug-likeness (QED) is 0.194. The smallest absolute Gasteiger partial charge is 0.335 e. The molecule has 0 bridgehead atoms. The van der Waals surface area contributed by atoms with Gasteiger partial charge in [0.05, 0.1) is 10.5 Å². The summed E-state index contributed by atoms with van der Waals surface area (Å²) >= 11 is 0. The van der Waals surface area contributed by atoms with Crippen LogP contribution in [0.3, 0.4) is 0 Å². The lowest BCUT2D eigenvalue weighted by Gasteiger charge is -2.19. The van der Waals surface area contributed by atoms with Crippen molar-refractivity contribution in [3.63, 3.8) is 0 Å². The minimum Gasteiger partial charge on any atom is -0.478 e. The van der Waals surface area contributed by atoms with E-state index < -0.39 is 27.9 Å². The fourth-order valence-corrected chi connectivity index (χ4v) is 4.26. The highest BCUT2D eigenvalue weighted by Gasteiger charge is 2.19. The van der Waals surface area contributed by atoms with Crippen LogP contribution in [-0.2, 0) is 14.8 Å². The molecule has 2 aromatic carbocycles. The summed E-state index contributed by atoms with van der Waals surface area (Å²) in [6.45, 7) is 3.28. The molecule has 32 heavy (non-hydrogen) atoms. The number of carbonyl (C=O) groups is 2. The van der Waals surface area contributed by atoms with Crippen LogP contribution in [-0.4, -0.2) is 43.2 Å². The van der Waals surface area contributed by atoms with Crippen molar-refractivity contribution in [2.24, 2.45) is 0 Å². The van der Waals surface area contributed by atoms with E-state index in [1.165, 1.54) is 18.2 Å². The first-order valence-corrected chi connectivity index (χ1v) is 11.3. The molecule has 0 radical (unpaired) electrons. The maximum absolute atomic E-state index is 13.8. The molecule has 0 spiro atoms. The third-order valence-corrected chi connectivity index (χ3v) is 6.27. The van der Waals surface area contributed by atoms with Gasteiger partial charge in [0, 0.05) is 12.2 Å². The third-order valence-electron chi connectivity index (χ3n) is 4.81. The van der Waals surface area contributed by atoms with Gasteiger partial charge in [-0.2, -0.15) is 0 Å². The zero-order valence-corrected chi connectivity index (χ0v) is 18.5. The van der Waals surface area contributed by atoms with Crippen molar-refractivity contribution in [1.29, 1.82) is 0 Å². The molecule has 0 fully saturated rings. The van der Waals surface area contributed by atoms with Gasteiger partial charge in [-0.15, -0.1) is 0 Å². The van der Waals surface area contributed by atoms with E-state index in [4.69, 9.17) is 10.3 Å². The minimum atomic E-state index is -3.88. The minimum absolute atomic E-state index is 0.0713. The molecule has 5 N–H and O–H groups in total. The number of aromatic carboxylic acids is 1. The molecule has 11 heteroatoms. The molecule has 2 aromatic rings. The Morgan fingerprint density at radius 1 is 1.09 bits per heavy atom. The van der Waals surface area contributed by atoms with Crippen LogP contribution in [0.5, 0.6) is 0 Å². The molecule has 0 saturated heterocycles. The van der Waals surface area contributed by atoms with Crippen molar-refractivity contribution in [2.75, 3.05) is 11.9 Å². The Kier molecular flexibility index (Phi) is 8.70. The van der Waals surface area contributed by atoms with Gasteiger partial charge in [0.15, 0.2) is 0 Å². The fourth-order valence-electron chi connectivity index (χ4n) is 3.14. The van der Waals surface area contributed by atoms with E-state index in [1.807, 2.05) is 0 Å². The van der Waals surface area contributed by atoms with E-state index in [-0.39, 0.29) is 29.2 Å². The second-order valence-corrected chi connectivity index (χ2v) is 9.09. The summed E-state index contributed by atoms with van der Waals surface area (Å²) in [6.07, 6.45) is 1.09. The summed E-state index contributed by atoms with van der Waals surface area (Å²) in [6, 6.07) is 7.31. The van der Waals surface area contributed by atoms with Crippen molar-refractivity contribution in [3.05, 3.63) is 58.9 Å². The Labute approximate surface area is 185 Å². The highest BCUT2D eigenvalue weighted by atomic mass is 32.2. The van der Waals surface area contributed by atoms with Gasteiger partial charge in [0.2, 0.25) is 10.0 Å². The highest BCUT2D eigenvalue weighted by molar-refractivity contribution is 7.89. The van der Waals surface area contributed by atoms with Crippen LogP contribution in [0.1, 0.15) is 40.7 Å². The standard InChI is InChI=1S/C21H26FN3O6S/c1-13-10-16(11-14(2)19(13)22)24-18(20(26)25-29)8-3-4-9-23-32(30,31)17-7-5-6-15(12-17)21(27)28/h5-7,10-12,18,23-24,29H,3-4,8-9H2,1-2H3,(H,25,26)(H,27,28). The predicted octanol–water partition coefficient (Wildman–Crippen LogP) is 2.58. The normalized spacial score (nSPS) is 12.2. The summed E-state index contributed by atoms with van der Waals surface area (Å²) in [5, 5.41) is 21.0. The Hall–Kier alpha value is -3.02. The van der Waals surface area contributed by atoms with Crippen LogP contribution in [0, 0.1) is 19.7 Å². The number of sulfonamides is 1. The van der Waals surface area contributed by atoms with Crippen molar-refractivity contribution in [2.45, 2.75) is 44.0 Å².